The molecule has 84 valence electrons. The summed E-state index contributed by atoms with van der Waals surface area (Å²) in [6.45, 7) is 0.692. The third-order valence-corrected chi connectivity index (χ3v) is 2.96. The molecule has 0 unspecified atom stereocenters. The molecular formula is C10H16N2O2S. The van der Waals surface area contributed by atoms with Crippen molar-refractivity contribution in [2.24, 2.45) is 5.73 Å². The molecule has 0 aliphatic heterocycles. The highest BCUT2D eigenvalue weighted by Gasteiger charge is 2.05. The first kappa shape index (κ1) is 12.1. The summed E-state index contributed by atoms with van der Waals surface area (Å²) in [6, 6.07) is 0. The topological polar surface area (TPSA) is 65.2 Å². The molecule has 0 aromatic carbocycles. The first-order chi connectivity index (χ1) is 7.26. The van der Waals surface area contributed by atoms with Crippen LogP contribution in [0, 0.1) is 0 Å². The fourth-order valence-corrected chi connectivity index (χ4v) is 2.04. The van der Waals surface area contributed by atoms with E-state index in [0.29, 0.717) is 19.4 Å². The number of aryl methyl sites for hydroxylation is 2. The second-order valence-corrected chi connectivity index (χ2v) is 4.14. The Labute approximate surface area is 93.5 Å². The van der Waals surface area contributed by atoms with Gasteiger partial charge in [-0.05, 0) is 13.0 Å². The number of carbonyl (C=O) groups is 1. The quantitative estimate of drug-likeness (QED) is 0.741. The normalized spacial score (nSPS) is 10.3. The fraction of sp³-hybridized carbons (Fsp3) is 0.600. The molecule has 2 N–H and O–H groups in total. The van der Waals surface area contributed by atoms with Gasteiger partial charge in [0.25, 0.3) is 0 Å². The molecule has 1 heterocycles. The second-order valence-electron chi connectivity index (χ2n) is 3.20. The van der Waals surface area contributed by atoms with Crippen molar-refractivity contribution in [1.29, 1.82) is 0 Å². The fourth-order valence-electron chi connectivity index (χ4n) is 1.16. The number of ether oxygens (including phenoxy) is 1. The lowest BCUT2D eigenvalue weighted by Gasteiger charge is -1.96. The summed E-state index contributed by atoms with van der Waals surface area (Å²) >= 11 is 1.63. The van der Waals surface area contributed by atoms with Crippen LogP contribution < -0.4 is 5.73 Å². The van der Waals surface area contributed by atoms with E-state index in [1.807, 2.05) is 5.38 Å². The predicted octanol–water partition coefficient (Wildman–Crippen LogP) is 1.14. The van der Waals surface area contributed by atoms with Crippen LogP contribution in [0.25, 0.3) is 0 Å². The molecular weight excluding hydrogens is 212 g/mol. The van der Waals surface area contributed by atoms with Crippen LogP contribution in [0.1, 0.15) is 23.5 Å². The largest absolute Gasteiger partial charge is 0.469 e. The molecule has 0 atom stereocenters. The van der Waals surface area contributed by atoms with E-state index in [1.54, 1.807) is 11.3 Å². The van der Waals surface area contributed by atoms with Gasteiger partial charge in [0.05, 0.1) is 24.2 Å². The minimum absolute atomic E-state index is 0.188. The molecule has 0 amide bonds. The van der Waals surface area contributed by atoms with Gasteiger partial charge in [-0.3, -0.25) is 4.79 Å². The zero-order valence-electron chi connectivity index (χ0n) is 8.86. The van der Waals surface area contributed by atoms with E-state index < -0.39 is 0 Å². The molecule has 0 spiro atoms. The van der Waals surface area contributed by atoms with Gasteiger partial charge in [0.15, 0.2) is 0 Å². The van der Waals surface area contributed by atoms with Gasteiger partial charge in [0.1, 0.15) is 0 Å². The molecule has 1 aromatic heterocycles. The highest BCUT2D eigenvalue weighted by Crippen LogP contribution is 2.13. The summed E-state index contributed by atoms with van der Waals surface area (Å²) < 4.78 is 4.56. The number of hydrogen-bond acceptors (Lipinski definition) is 5. The van der Waals surface area contributed by atoms with Gasteiger partial charge in [-0.15, -0.1) is 11.3 Å². The van der Waals surface area contributed by atoms with Gasteiger partial charge < -0.3 is 10.5 Å². The Morgan fingerprint density at radius 1 is 1.60 bits per heavy atom. The Morgan fingerprint density at radius 2 is 2.40 bits per heavy atom. The predicted molar refractivity (Wildman–Crippen MR) is 59.8 cm³/mol. The number of thiazole rings is 1. The highest BCUT2D eigenvalue weighted by molar-refractivity contribution is 7.09. The lowest BCUT2D eigenvalue weighted by molar-refractivity contribution is -0.140. The Bertz CT molecular complexity index is 312. The minimum Gasteiger partial charge on any atom is -0.469 e. The molecule has 4 nitrogen and oxygen atoms in total. The van der Waals surface area contributed by atoms with E-state index >= 15 is 0 Å². The maximum Gasteiger partial charge on any atom is 0.305 e. The smallest absolute Gasteiger partial charge is 0.305 e. The lowest BCUT2D eigenvalue weighted by atomic mass is 10.2. The number of methoxy groups -OCH3 is 1. The van der Waals surface area contributed by atoms with Crippen LogP contribution in [0.4, 0.5) is 0 Å². The summed E-state index contributed by atoms with van der Waals surface area (Å²) in [5.41, 5.74) is 6.39. The number of nitrogens with zero attached hydrogens (tertiary/aromatic N) is 1. The van der Waals surface area contributed by atoms with Crippen LogP contribution in [0.5, 0.6) is 0 Å². The van der Waals surface area contributed by atoms with Gasteiger partial charge >= 0.3 is 5.97 Å². The average molecular weight is 228 g/mol. The number of aromatic nitrogens is 1. The second kappa shape index (κ2) is 6.53. The van der Waals surface area contributed by atoms with Crippen molar-refractivity contribution in [1.82, 2.24) is 4.98 Å². The first-order valence-electron chi connectivity index (χ1n) is 4.96. The molecule has 0 saturated carbocycles. The van der Waals surface area contributed by atoms with Crippen molar-refractivity contribution in [3.63, 3.8) is 0 Å². The molecule has 1 aromatic rings. The van der Waals surface area contributed by atoms with Crippen LogP contribution >= 0.6 is 11.3 Å². The molecule has 0 fully saturated rings. The lowest BCUT2D eigenvalue weighted by Crippen LogP contribution is -2.02. The summed E-state index contributed by atoms with van der Waals surface area (Å²) in [5, 5.41) is 3.09. The molecule has 0 saturated heterocycles. The summed E-state index contributed by atoms with van der Waals surface area (Å²) in [6.07, 6.45) is 2.95. The van der Waals surface area contributed by atoms with Crippen molar-refractivity contribution < 1.29 is 9.53 Å². The number of hydrogen-bond donors (Lipinski definition) is 1. The Kier molecular flexibility index (Phi) is 5.28. The Morgan fingerprint density at radius 3 is 3.07 bits per heavy atom. The van der Waals surface area contributed by atoms with Gasteiger partial charge in [-0.25, -0.2) is 4.98 Å². The van der Waals surface area contributed by atoms with E-state index in [4.69, 9.17) is 5.73 Å². The van der Waals surface area contributed by atoms with Crippen LogP contribution in [0.3, 0.4) is 0 Å². The first-order valence-corrected chi connectivity index (χ1v) is 5.84. The van der Waals surface area contributed by atoms with E-state index in [0.717, 1.165) is 23.5 Å². The molecule has 0 aliphatic rings. The zero-order valence-corrected chi connectivity index (χ0v) is 9.68. The van der Waals surface area contributed by atoms with E-state index in [9.17, 15) is 4.79 Å². The molecule has 5 heteroatoms. The number of carbonyl (C=O) groups excluding carboxylic acids is 1. The maximum absolute atomic E-state index is 10.9. The van der Waals surface area contributed by atoms with Crippen LogP contribution in [0.2, 0.25) is 0 Å². The third-order valence-electron chi connectivity index (χ3n) is 2.01. The number of esters is 1. The van der Waals surface area contributed by atoms with Crippen LogP contribution in [-0.4, -0.2) is 24.6 Å². The SMILES string of the molecule is COC(=O)CCc1csc(CCCN)n1. The highest BCUT2D eigenvalue weighted by atomic mass is 32.1. The van der Waals surface area contributed by atoms with Gasteiger partial charge in [0.2, 0.25) is 0 Å². The van der Waals surface area contributed by atoms with Crippen molar-refractivity contribution in [2.45, 2.75) is 25.7 Å². The maximum atomic E-state index is 10.9. The van der Waals surface area contributed by atoms with Crippen molar-refractivity contribution >= 4 is 17.3 Å². The van der Waals surface area contributed by atoms with E-state index in [2.05, 4.69) is 9.72 Å². The van der Waals surface area contributed by atoms with Gasteiger partial charge in [-0.1, -0.05) is 0 Å². The molecule has 15 heavy (non-hydrogen) atoms. The molecule has 0 radical (unpaired) electrons. The summed E-state index contributed by atoms with van der Waals surface area (Å²) in [5.74, 6) is -0.188. The summed E-state index contributed by atoms with van der Waals surface area (Å²) in [4.78, 5) is 15.3. The molecule has 0 aliphatic carbocycles. The average Bonchev–Trinajstić information content (AvgIpc) is 2.71. The summed E-state index contributed by atoms with van der Waals surface area (Å²) in [7, 11) is 1.40. The van der Waals surface area contributed by atoms with E-state index in [-0.39, 0.29) is 5.97 Å². The van der Waals surface area contributed by atoms with Gasteiger partial charge in [-0.2, -0.15) is 0 Å². The monoisotopic (exact) mass is 228 g/mol. The third kappa shape index (κ3) is 4.40. The number of rotatable bonds is 6. The zero-order chi connectivity index (χ0) is 11.1. The number of nitrogens with two attached hydrogens (primary N) is 1. The van der Waals surface area contributed by atoms with Crippen molar-refractivity contribution in [2.75, 3.05) is 13.7 Å². The van der Waals surface area contributed by atoms with Gasteiger partial charge in [0, 0.05) is 18.2 Å². The molecule has 1 rings (SSSR count). The standard InChI is InChI=1S/C10H16N2O2S/c1-14-10(13)5-4-8-7-15-9(12-8)3-2-6-11/h7H,2-6,11H2,1H3. The molecule has 0 bridgehead atoms. The Balaban J connectivity index is 2.35. The Hall–Kier alpha value is -0.940. The van der Waals surface area contributed by atoms with E-state index in [1.165, 1.54) is 7.11 Å². The minimum atomic E-state index is -0.188. The van der Waals surface area contributed by atoms with Crippen molar-refractivity contribution in [3.05, 3.63) is 16.1 Å². The van der Waals surface area contributed by atoms with Crippen LogP contribution in [-0.2, 0) is 22.4 Å². The van der Waals surface area contributed by atoms with Crippen LogP contribution in [0.15, 0.2) is 5.38 Å². The van der Waals surface area contributed by atoms with Crippen molar-refractivity contribution in [3.8, 4) is 0 Å².